The summed E-state index contributed by atoms with van der Waals surface area (Å²) in [6.45, 7) is 2.50. The van der Waals surface area contributed by atoms with Gasteiger partial charge in [0.2, 0.25) is 5.91 Å². The third-order valence-electron chi connectivity index (χ3n) is 4.13. The summed E-state index contributed by atoms with van der Waals surface area (Å²) >= 11 is 0. The van der Waals surface area contributed by atoms with Crippen LogP contribution in [0.4, 0.5) is 0 Å². The number of aromatic hydroxyl groups is 1. The second-order valence-corrected chi connectivity index (χ2v) is 6.45. The Kier molecular flexibility index (Phi) is 6.41. The van der Waals surface area contributed by atoms with Crippen molar-refractivity contribution in [3.63, 3.8) is 0 Å². The van der Waals surface area contributed by atoms with E-state index < -0.39 is 0 Å². The number of hydrazone groups is 1. The lowest BCUT2D eigenvalue weighted by atomic mass is 10.1. The van der Waals surface area contributed by atoms with Crippen molar-refractivity contribution in [2.24, 2.45) is 5.10 Å². The molecule has 3 aromatic rings. The van der Waals surface area contributed by atoms with Gasteiger partial charge in [-0.3, -0.25) is 4.79 Å². The summed E-state index contributed by atoms with van der Waals surface area (Å²) in [6, 6.07) is 22.2. The molecule has 5 nitrogen and oxygen atoms in total. The summed E-state index contributed by atoms with van der Waals surface area (Å²) < 4.78 is 5.90. The fraction of sp³-hybridized carbons (Fsp3) is 0.130. The van der Waals surface area contributed by atoms with Gasteiger partial charge in [0.1, 0.15) is 18.1 Å². The molecule has 0 heterocycles. The van der Waals surface area contributed by atoms with Gasteiger partial charge < -0.3 is 9.84 Å². The number of benzene rings is 3. The van der Waals surface area contributed by atoms with Crippen molar-refractivity contribution in [3.8, 4) is 11.5 Å². The lowest BCUT2D eigenvalue weighted by molar-refractivity contribution is -0.120. The SMILES string of the molecule is Cc1ccc(COc2ccccc2/C=N\NC(=O)Cc2ccc(O)cc2)cc1. The minimum atomic E-state index is -0.236. The van der Waals surface area contributed by atoms with E-state index in [2.05, 4.69) is 22.7 Å². The number of para-hydroxylation sites is 1. The fourth-order valence-corrected chi connectivity index (χ4v) is 2.58. The maximum atomic E-state index is 12.0. The van der Waals surface area contributed by atoms with Gasteiger partial charge in [-0.05, 0) is 42.3 Å². The van der Waals surface area contributed by atoms with Crippen LogP contribution in [0.15, 0.2) is 77.9 Å². The highest BCUT2D eigenvalue weighted by atomic mass is 16.5. The van der Waals surface area contributed by atoms with Gasteiger partial charge in [0.05, 0.1) is 12.6 Å². The molecule has 0 aliphatic heterocycles. The van der Waals surface area contributed by atoms with Crippen LogP contribution < -0.4 is 10.2 Å². The van der Waals surface area contributed by atoms with Crippen molar-refractivity contribution in [2.45, 2.75) is 20.0 Å². The molecule has 5 heteroatoms. The van der Waals surface area contributed by atoms with Gasteiger partial charge in [0.25, 0.3) is 0 Å². The number of nitrogens with one attached hydrogen (secondary N) is 1. The molecule has 0 spiro atoms. The molecule has 1 amide bonds. The zero-order chi connectivity index (χ0) is 19.8. The number of aryl methyl sites for hydroxylation is 1. The van der Waals surface area contributed by atoms with Crippen LogP contribution in [0.25, 0.3) is 0 Å². The Bertz CT molecular complexity index is 948. The van der Waals surface area contributed by atoms with Crippen LogP contribution in [0, 0.1) is 6.92 Å². The minimum Gasteiger partial charge on any atom is -0.508 e. The molecule has 2 N–H and O–H groups in total. The predicted molar refractivity (Wildman–Crippen MR) is 110 cm³/mol. The van der Waals surface area contributed by atoms with Gasteiger partial charge in [-0.2, -0.15) is 5.10 Å². The zero-order valence-corrected chi connectivity index (χ0v) is 15.6. The molecule has 0 saturated carbocycles. The van der Waals surface area contributed by atoms with Crippen molar-refractivity contribution < 1.29 is 14.6 Å². The van der Waals surface area contributed by atoms with Gasteiger partial charge in [0, 0.05) is 5.56 Å². The van der Waals surface area contributed by atoms with Crippen molar-refractivity contribution in [3.05, 3.63) is 95.1 Å². The molecule has 3 rings (SSSR count). The van der Waals surface area contributed by atoms with Gasteiger partial charge in [-0.15, -0.1) is 0 Å². The summed E-state index contributed by atoms with van der Waals surface area (Å²) in [7, 11) is 0. The fourth-order valence-electron chi connectivity index (χ4n) is 2.58. The van der Waals surface area contributed by atoms with Crippen molar-refractivity contribution in [2.75, 3.05) is 0 Å². The maximum absolute atomic E-state index is 12.0. The van der Waals surface area contributed by atoms with Crippen LogP contribution in [-0.4, -0.2) is 17.2 Å². The smallest absolute Gasteiger partial charge is 0.244 e. The lowest BCUT2D eigenvalue weighted by Crippen LogP contribution is -2.19. The van der Waals surface area contributed by atoms with Crippen LogP contribution >= 0.6 is 0 Å². The quantitative estimate of drug-likeness (QED) is 0.485. The van der Waals surface area contributed by atoms with E-state index in [-0.39, 0.29) is 18.1 Å². The van der Waals surface area contributed by atoms with Gasteiger partial charge >= 0.3 is 0 Å². The molecule has 0 bridgehead atoms. The highest BCUT2D eigenvalue weighted by Crippen LogP contribution is 2.18. The first kappa shape index (κ1) is 19.2. The Hall–Kier alpha value is -3.60. The van der Waals surface area contributed by atoms with E-state index in [4.69, 9.17) is 4.74 Å². The third kappa shape index (κ3) is 5.71. The normalized spacial score (nSPS) is 10.8. The molecular weight excluding hydrogens is 352 g/mol. The highest BCUT2D eigenvalue weighted by Gasteiger charge is 2.04. The lowest BCUT2D eigenvalue weighted by Gasteiger charge is -2.09. The Balaban J connectivity index is 1.56. The van der Waals surface area contributed by atoms with Crippen molar-refractivity contribution in [1.29, 1.82) is 0 Å². The molecule has 0 aromatic heterocycles. The van der Waals surface area contributed by atoms with Crippen LogP contribution in [-0.2, 0) is 17.8 Å². The highest BCUT2D eigenvalue weighted by molar-refractivity contribution is 5.85. The third-order valence-corrected chi connectivity index (χ3v) is 4.13. The number of carbonyl (C=O) groups is 1. The van der Waals surface area contributed by atoms with Gasteiger partial charge in [-0.25, -0.2) is 5.43 Å². The first-order valence-corrected chi connectivity index (χ1v) is 8.97. The minimum absolute atomic E-state index is 0.171. The Morgan fingerprint density at radius 3 is 2.43 bits per heavy atom. The standard InChI is InChI=1S/C23H22N2O3/c1-17-6-8-19(9-7-17)16-28-22-5-3-2-4-20(22)15-24-25-23(27)14-18-10-12-21(26)13-11-18/h2-13,15,26H,14,16H2,1H3,(H,25,27)/b24-15-. The van der Waals surface area contributed by atoms with Crippen LogP contribution in [0.3, 0.4) is 0 Å². The molecule has 0 aliphatic carbocycles. The number of amides is 1. The van der Waals surface area contributed by atoms with Crippen molar-refractivity contribution >= 4 is 12.1 Å². The molecule has 0 unspecified atom stereocenters. The van der Waals surface area contributed by atoms with Gasteiger partial charge in [-0.1, -0.05) is 54.1 Å². The molecule has 0 fully saturated rings. The molecular formula is C23H22N2O3. The number of nitrogens with zero attached hydrogens (tertiary/aromatic N) is 1. The van der Waals surface area contributed by atoms with Crippen LogP contribution in [0.5, 0.6) is 11.5 Å². The van der Waals surface area contributed by atoms with E-state index >= 15 is 0 Å². The van der Waals surface area contributed by atoms with E-state index in [1.807, 2.05) is 43.3 Å². The number of phenols is 1. The number of rotatable bonds is 7. The number of hydrogen-bond acceptors (Lipinski definition) is 4. The average molecular weight is 374 g/mol. The number of ether oxygens (including phenoxy) is 1. The summed E-state index contributed by atoms with van der Waals surface area (Å²) in [4.78, 5) is 12.0. The summed E-state index contributed by atoms with van der Waals surface area (Å²) in [5.41, 5.74) is 6.38. The van der Waals surface area contributed by atoms with Crippen LogP contribution in [0.1, 0.15) is 22.3 Å². The predicted octanol–water partition coefficient (Wildman–Crippen LogP) is 3.97. The molecule has 0 saturated heterocycles. The molecule has 142 valence electrons. The molecule has 0 atom stereocenters. The summed E-state index contributed by atoms with van der Waals surface area (Å²) in [5.74, 6) is 0.629. The number of phenolic OH excluding ortho intramolecular Hbond substituents is 1. The van der Waals surface area contributed by atoms with E-state index in [9.17, 15) is 9.90 Å². The van der Waals surface area contributed by atoms with E-state index in [1.54, 1.807) is 30.5 Å². The zero-order valence-electron chi connectivity index (χ0n) is 15.6. The van der Waals surface area contributed by atoms with Crippen molar-refractivity contribution in [1.82, 2.24) is 5.43 Å². The first-order chi connectivity index (χ1) is 13.6. The summed E-state index contributed by atoms with van der Waals surface area (Å²) in [6.07, 6.45) is 1.75. The summed E-state index contributed by atoms with van der Waals surface area (Å²) in [5, 5.41) is 13.3. The Morgan fingerprint density at radius 1 is 1.00 bits per heavy atom. The first-order valence-electron chi connectivity index (χ1n) is 8.97. The van der Waals surface area contributed by atoms with E-state index in [1.165, 1.54) is 5.56 Å². The Labute approximate surface area is 164 Å². The van der Waals surface area contributed by atoms with Gasteiger partial charge in [0.15, 0.2) is 0 Å². The van der Waals surface area contributed by atoms with E-state index in [0.29, 0.717) is 12.4 Å². The maximum Gasteiger partial charge on any atom is 0.244 e. The molecule has 0 radical (unpaired) electrons. The topological polar surface area (TPSA) is 70.9 Å². The second-order valence-electron chi connectivity index (χ2n) is 6.45. The molecule has 3 aromatic carbocycles. The molecule has 28 heavy (non-hydrogen) atoms. The monoisotopic (exact) mass is 374 g/mol. The molecule has 0 aliphatic rings. The van der Waals surface area contributed by atoms with E-state index in [0.717, 1.165) is 16.7 Å². The number of hydrogen-bond donors (Lipinski definition) is 2. The second kappa shape index (κ2) is 9.37. The van der Waals surface area contributed by atoms with Crippen LogP contribution in [0.2, 0.25) is 0 Å². The average Bonchev–Trinajstić information content (AvgIpc) is 2.70. The number of carbonyl (C=O) groups excluding carboxylic acids is 1. The Morgan fingerprint density at radius 2 is 1.68 bits per heavy atom. The largest absolute Gasteiger partial charge is 0.508 e.